The zero-order valence-corrected chi connectivity index (χ0v) is 13.7. The minimum Gasteiger partial charge on any atom is -0.460 e. The molecule has 2 aromatic heterocycles. The second-order valence-corrected chi connectivity index (χ2v) is 5.71. The monoisotopic (exact) mass is 352 g/mol. The summed E-state index contributed by atoms with van der Waals surface area (Å²) in [4.78, 5) is 0. The molecule has 0 fully saturated rings. The standard InChI is InChI=1S/C14H10Cl2N4OS/c1-8-2-4-10(21-8)7-17-20-13(18-19-14(20)22)11-5-3-9(15)6-12(11)16/h2-7H,1H3,(H,19,22)/b17-7+. The number of nitrogens with one attached hydrogen (secondary N) is 1. The zero-order chi connectivity index (χ0) is 15.7. The SMILES string of the molecule is Cc1ccc(/C=N/n2c(-c3ccc(Cl)cc3Cl)n[nH]c2=S)o1. The van der Waals surface area contributed by atoms with E-state index in [0.29, 0.717) is 32.0 Å². The lowest BCUT2D eigenvalue weighted by molar-refractivity contribution is 0.527. The number of aromatic nitrogens is 3. The number of rotatable bonds is 3. The summed E-state index contributed by atoms with van der Waals surface area (Å²) >= 11 is 17.3. The van der Waals surface area contributed by atoms with Crippen LogP contribution in [0.25, 0.3) is 11.4 Å². The molecule has 8 heteroatoms. The van der Waals surface area contributed by atoms with E-state index in [9.17, 15) is 0 Å². The normalized spacial score (nSPS) is 11.4. The van der Waals surface area contributed by atoms with Crippen molar-refractivity contribution in [3.63, 3.8) is 0 Å². The van der Waals surface area contributed by atoms with Crippen molar-refractivity contribution in [2.75, 3.05) is 0 Å². The van der Waals surface area contributed by atoms with Crippen molar-refractivity contribution in [3.8, 4) is 11.4 Å². The Balaban J connectivity index is 2.04. The Bertz CT molecular complexity index is 910. The first-order chi connectivity index (χ1) is 10.5. The molecule has 0 amide bonds. The molecule has 0 saturated heterocycles. The van der Waals surface area contributed by atoms with Gasteiger partial charge in [0.25, 0.3) is 0 Å². The van der Waals surface area contributed by atoms with Gasteiger partial charge in [-0.3, -0.25) is 0 Å². The summed E-state index contributed by atoms with van der Waals surface area (Å²) in [6, 6.07) is 8.80. The molecule has 1 aromatic carbocycles. The number of furan rings is 1. The molecule has 5 nitrogen and oxygen atoms in total. The van der Waals surface area contributed by atoms with Crippen LogP contribution < -0.4 is 0 Å². The van der Waals surface area contributed by atoms with Crippen molar-refractivity contribution >= 4 is 41.6 Å². The third-order valence-corrected chi connectivity index (χ3v) is 3.70. The zero-order valence-electron chi connectivity index (χ0n) is 11.4. The first kappa shape index (κ1) is 15.0. The summed E-state index contributed by atoms with van der Waals surface area (Å²) in [5, 5.41) is 12.2. The van der Waals surface area contributed by atoms with Gasteiger partial charge < -0.3 is 4.42 Å². The average molecular weight is 353 g/mol. The van der Waals surface area contributed by atoms with Gasteiger partial charge in [-0.15, -0.1) is 0 Å². The summed E-state index contributed by atoms with van der Waals surface area (Å²) in [6.07, 6.45) is 1.56. The summed E-state index contributed by atoms with van der Waals surface area (Å²) in [7, 11) is 0. The van der Waals surface area contributed by atoms with Crippen LogP contribution in [0.4, 0.5) is 0 Å². The Labute approximate surface area is 141 Å². The summed E-state index contributed by atoms with van der Waals surface area (Å²) in [6.45, 7) is 1.86. The minimum atomic E-state index is 0.348. The summed E-state index contributed by atoms with van der Waals surface area (Å²) in [5.74, 6) is 1.91. The van der Waals surface area contributed by atoms with Gasteiger partial charge in [-0.05, 0) is 49.5 Å². The molecule has 3 rings (SSSR count). The van der Waals surface area contributed by atoms with Gasteiger partial charge in [0.2, 0.25) is 4.77 Å². The highest BCUT2D eigenvalue weighted by Crippen LogP contribution is 2.29. The van der Waals surface area contributed by atoms with Crippen molar-refractivity contribution in [2.45, 2.75) is 6.92 Å². The maximum atomic E-state index is 6.21. The van der Waals surface area contributed by atoms with Gasteiger partial charge >= 0.3 is 0 Å². The van der Waals surface area contributed by atoms with E-state index >= 15 is 0 Å². The second kappa shape index (κ2) is 6.08. The number of aromatic amines is 1. The molecular formula is C14H10Cl2N4OS. The predicted molar refractivity (Wildman–Crippen MR) is 89.3 cm³/mol. The number of halogens is 2. The lowest BCUT2D eigenvalue weighted by atomic mass is 10.2. The van der Waals surface area contributed by atoms with Gasteiger partial charge in [-0.25, -0.2) is 5.10 Å². The quantitative estimate of drug-likeness (QED) is 0.549. The molecule has 0 bridgehead atoms. The van der Waals surface area contributed by atoms with Crippen molar-refractivity contribution in [1.82, 2.24) is 14.9 Å². The van der Waals surface area contributed by atoms with Crippen molar-refractivity contribution in [1.29, 1.82) is 0 Å². The fraction of sp³-hybridized carbons (Fsp3) is 0.0714. The number of benzene rings is 1. The molecular weight excluding hydrogens is 343 g/mol. The molecule has 0 aliphatic carbocycles. The first-order valence-corrected chi connectivity index (χ1v) is 7.44. The molecule has 3 aromatic rings. The predicted octanol–water partition coefficient (Wildman–Crippen LogP) is 4.70. The maximum Gasteiger partial charge on any atom is 0.216 e. The van der Waals surface area contributed by atoms with Crippen LogP contribution in [-0.4, -0.2) is 21.1 Å². The van der Waals surface area contributed by atoms with Crippen molar-refractivity contribution in [2.24, 2.45) is 5.10 Å². The number of hydrogen-bond acceptors (Lipinski definition) is 4. The van der Waals surface area contributed by atoms with Crippen molar-refractivity contribution < 1.29 is 4.42 Å². The average Bonchev–Trinajstić information content (AvgIpc) is 3.03. The van der Waals surface area contributed by atoms with Gasteiger partial charge in [0.1, 0.15) is 11.5 Å². The van der Waals surface area contributed by atoms with E-state index in [2.05, 4.69) is 15.3 Å². The van der Waals surface area contributed by atoms with E-state index < -0.39 is 0 Å². The van der Waals surface area contributed by atoms with Crippen LogP contribution in [0.5, 0.6) is 0 Å². The molecule has 0 aliphatic heterocycles. The highest BCUT2D eigenvalue weighted by atomic mass is 35.5. The fourth-order valence-electron chi connectivity index (χ4n) is 1.88. The molecule has 1 N–H and O–H groups in total. The van der Waals surface area contributed by atoms with E-state index in [1.165, 1.54) is 4.68 Å². The van der Waals surface area contributed by atoms with Crippen LogP contribution in [0, 0.1) is 11.7 Å². The number of nitrogens with zero attached hydrogens (tertiary/aromatic N) is 3. The van der Waals surface area contributed by atoms with Crippen LogP contribution in [0.3, 0.4) is 0 Å². The lowest BCUT2D eigenvalue weighted by Gasteiger charge is -2.03. The number of H-pyrrole nitrogens is 1. The van der Waals surface area contributed by atoms with E-state index in [4.69, 9.17) is 39.8 Å². The topological polar surface area (TPSA) is 59.1 Å². The Kier molecular flexibility index (Phi) is 4.15. The molecule has 0 saturated carbocycles. The highest BCUT2D eigenvalue weighted by molar-refractivity contribution is 7.71. The van der Waals surface area contributed by atoms with E-state index in [1.54, 1.807) is 24.4 Å². The van der Waals surface area contributed by atoms with Crippen LogP contribution in [0.1, 0.15) is 11.5 Å². The second-order valence-electron chi connectivity index (χ2n) is 4.48. The lowest BCUT2D eigenvalue weighted by Crippen LogP contribution is -1.95. The Morgan fingerprint density at radius 1 is 1.32 bits per heavy atom. The molecule has 0 spiro atoms. The van der Waals surface area contributed by atoms with E-state index in [0.717, 1.165) is 5.76 Å². The minimum absolute atomic E-state index is 0.348. The number of aryl methyl sites for hydroxylation is 1. The third-order valence-electron chi connectivity index (χ3n) is 2.88. The van der Waals surface area contributed by atoms with Gasteiger partial charge in [0.15, 0.2) is 5.82 Å². The third kappa shape index (κ3) is 2.99. The summed E-state index contributed by atoms with van der Waals surface area (Å²) < 4.78 is 7.26. The number of hydrogen-bond donors (Lipinski definition) is 1. The van der Waals surface area contributed by atoms with E-state index in [-0.39, 0.29) is 0 Å². The molecule has 2 heterocycles. The van der Waals surface area contributed by atoms with Gasteiger partial charge in [-0.2, -0.15) is 14.9 Å². The molecule has 0 atom stereocenters. The van der Waals surface area contributed by atoms with Gasteiger partial charge in [0, 0.05) is 10.6 Å². The molecule has 0 radical (unpaired) electrons. The smallest absolute Gasteiger partial charge is 0.216 e. The van der Waals surface area contributed by atoms with Gasteiger partial charge in [-0.1, -0.05) is 23.2 Å². The van der Waals surface area contributed by atoms with Crippen LogP contribution in [0.15, 0.2) is 39.9 Å². The largest absolute Gasteiger partial charge is 0.460 e. The van der Waals surface area contributed by atoms with Crippen LogP contribution in [0.2, 0.25) is 10.0 Å². The van der Waals surface area contributed by atoms with Crippen LogP contribution in [-0.2, 0) is 0 Å². The first-order valence-electron chi connectivity index (χ1n) is 6.28. The van der Waals surface area contributed by atoms with Gasteiger partial charge in [0.05, 0.1) is 11.2 Å². The Morgan fingerprint density at radius 2 is 2.14 bits per heavy atom. The van der Waals surface area contributed by atoms with Crippen LogP contribution >= 0.6 is 35.4 Å². The molecule has 22 heavy (non-hydrogen) atoms. The van der Waals surface area contributed by atoms with E-state index in [1.807, 2.05) is 19.1 Å². The van der Waals surface area contributed by atoms with Crippen molar-refractivity contribution in [3.05, 3.63) is 56.7 Å². The highest BCUT2D eigenvalue weighted by Gasteiger charge is 2.12. The summed E-state index contributed by atoms with van der Waals surface area (Å²) in [5.41, 5.74) is 0.672. The molecule has 112 valence electrons. The Morgan fingerprint density at radius 3 is 2.82 bits per heavy atom. The Hall–Kier alpha value is -1.89. The maximum absolute atomic E-state index is 6.21. The fourth-order valence-corrected chi connectivity index (χ4v) is 2.55. The molecule has 0 unspecified atom stereocenters. The molecule has 0 aliphatic rings.